The maximum atomic E-state index is 12.4. The molecule has 0 saturated heterocycles. The third-order valence-corrected chi connectivity index (χ3v) is 3.94. The van der Waals surface area contributed by atoms with E-state index in [4.69, 9.17) is 27.9 Å². The summed E-state index contributed by atoms with van der Waals surface area (Å²) in [7, 11) is 1.55. The van der Waals surface area contributed by atoms with Gasteiger partial charge in [0.2, 0.25) is 0 Å². The number of carbonyl (C=O) groups is 1. The maximum Gasteiger partial charge on any atom is 0.274 e. The standard InChI is InChI=1S/C18H14Cl2N4O2/c1-26-16-6-5-13(8-14(16)20)23-17-9-15(21-10-22-17)18(25)24-12-4-2-3-11(19)7-12/h2-10H,1H3,(H,24,25)(H,21,22,23). The number of rotatable bonds is 5. The van der Waals surface area contributed by atoms with Crippen LogP contribution in [0.15, 0.2) is 54.9 Å². The topological polar surface area (TPSA) is 76.1 Å². The van der Waals surface area contributed by atoms with Gasteiger partial charge in [-0.3, -0.25) is 4.79 Å². The van der Waals surface area contributed by atoms with Crippen molar-refractivity contribution in [1.29, 1.82) is 0 Å². The van der Waals surface area contributed by atoms with E-state index in [0.717, 1.165) is 0 Å². The van der Waals surface area contributed by atoms with Crippen LogP contribution in [0, 0.1) is 0 Å². The van der Waals surface area contributed by atoms with Gasteiger partial charge in [0.05, 0.1) is 12.1 Å². The van der Waals surface area contributed by atoms with Gasteiger partial charge in [-0.25, -0.2) is 9.97 Å². The number of benzene rings is 2. The highest BCUT2D eigenvalue weighted by molar-refractivity contribution is 6.32. The second kappa shape index (κ2) is 8.03. The normalized spacial score (nSPS) is 10.3. The van der Waals surface area contributed by atoms with Crippen LogP contribution in [0.3, 0.4) is 0 Å². The van der Waals surface area contributed by atoms with E-state index in [1.54, 1.807) is 49.6 Å². The van der Waals surface area contributed by atoms with E-state index in [-0.39, 0.29) is 11.6 Å². The number of amides is 1. The maximum absolute atomic E-state index is 12.4. The first kappa shape index (κ1) is 18.0. The average Bonchev–Trinajstić information content (AvgIpc) is 2.62. The van der Waals surface area contributed by atoms with Gasteiger partial charge in [0, 0.05) is 22.5 Å². The van der Waals surface area contributed by atoms with Crippen molar-refractivity contribution >= 4 is 46.3 Å². The molecule has 0 atom stereocenters. The largest absolute Gasteiger partial charge is 0.495 e. The van der Waals surface area contributed by atoms with E-state index >= 15 is 0 Å². The minimum Gasteiger partial charge on any atom is -0.495 e. The molecule has 0 aliphatic rings. The first-order chi connectivity index (χ1) is 12.5. The lowest BCUT2D eigenvalue weighted by atomic mass is 10.3. The molecule has 0 radical (unpaired) electrons. The Morgan fingerprint density at radius 3 is 2.62 bits per heavy atom. The highest BCUT2D eigenvalue weighted by Gasteiger charge is 2.10. The van der Waals surface area contributed by atoms with Crippen molar-refractivity contribution in [3.8, 4) is 5.75 Å². The van der Waals surface area contributed by atoms with Crippen LogP contribution >= 0.6 is 23.2 Å². The molecule has 1 amide bonds. The average molecular weight is 389 g/mol. The number of hydrogen-bond donors (Lipinski definition) is 2. The summed E-state index contributed by atoms with van der Waals surface area (Å²) in [5.74, 6) is 0.657. The van der Waals surface area contributed by atoms with Crippen LogP contribution in [-0.4, -0.2) is 23.0 Å². The van der Waals surface area contributed by atoms with Crippen LogP contribution < -0.4 is 15.4 Å². The zero-order chi connectivity index (χ0) is 18.5. The summed E-state index contributed by atoms with van der Waals surface area (Å²) in [4.78, 5) is 20.5. The van der Waals surface area contributed by atoms with Crippen molar-refractivity contribution in [2.24, 2.45) is 0 Å². The second-order valence-electron chi connectivity index (χ2n) is 5.23. The molecular weight excluding hydrogens is 375 g/mol. The van der Waals surface area contributed by atoms with Crippen molar-refractivity contribution in [2.45, 2.75) is 0 Å². The van der Waals surface area contributed by atoms with E-state index in [1.807, 2.05) is 0 Å². The van der Waals surface area contributed by atoms with Gasteiger partial charge < -0.3 is 15.4 Å². The summed E-state index contributed by atoms with van der Waals surface area (Å²) < 4.78 is 5.12. The molecule has 8 heteroatoms. The predicted octanol–water partition coefficient (Wildman–Crippen LogP) is 4.79. The molecule has 0 bridgehead atoms. The number of halogens is 2. The van der Waals surface area contributed by atoms with E-state index in [2.05, 4.69) is 20.6 Å². The Bertz CT molecular complexity index is 950. The van der Waals surface area contributed by atoms with E-state index < -0.39 is 0 Å². The number of nitrogens with zero attached hydrogens (tertiary/aromatic N) is 2. The fraction of sp³-hybridized carbons (Fsp3) is 0.0556. The Balaban J connectivity index is 1.75. The zero-order valence-corrected chi connectivity index (χ0v) is 15.2. The van der Waals surface area contributed by atoms with Gasteiger partial charge in [-0.05, 0) is 36.4 Å². The summed E-state index contributed by atoms with van der Waals surface area (Å²) in [6, 6.07) is 13.6. The number of nitrogens with one attached hydrogen (secondary N) is 2. The molecule has 0 aliphatic carbocycles. The molecule has 0 unspecified atom stereocenters. The van der Waals surface area contributed by atoms with Gasteiger partial charge in [-0.15, -0.1) is 0 Å². The van der Waals surface area contributed by atoms with Crippen molar-refractivity contribution < 1.29 is 9.53 Å². The molecule has 3 aromatic rings. The Morgan fingerprint density at radius 2 is 1.88 bits per heavy atom. The smallest absolute Gasteiger partial charge is 0.274 e. The van der Waals surface area contributed by atoms with Crippen LogP contribution in [0.5, 0.6) is 5.75 Å². The third-order valence-electron chi connectivity index (χ3n) is 3.41. The van der Waals surface area contributed by atoms with Gasteiger partial charge in [0.15, 0.2) is 0 Å². The lowest BCUT2D eigenvalue weighted by Crippen LogP contribution is -2.14. The van der Waals surface area contributed by atoms with Gasteiger partial charge in [0.25, 0.3) is 5.91 Å². The molecule has 1 aromatic heterocycles. The van der Waals surface area contributed by atoms with Crippen LogP contribution in [-0.2, 0) is 0 Å². The Labute approximate surface area is 160 Å². The molecule has 0 fully saturated rings. The molecule has 2 N–H and O–H groups in total. The van der Waals surface area contributed by atoms with Crippen molar-refractivity contribution in [2.75, 3.05) is 17.7 Å². The Morgan fingerprint density at radius 1 is 1.04 bits per heavy atom. The Hall–Kier alpha value is -2.83. The first-order valence-corrected chi connectivity index (χ1v) is 8.30. The van der Waals surface area contributed by atoms with Gasteiger partial charge >= 0.3 is 0 Å². The molecule has 26 heavy (non-hydrogen) atoms. The zero-order valence-electron chi connectivity index (χ0n) is 13.7. The fourth-order valence-electron chi connectivity index (χ4n) is 2.20. The second-order valence-corrected chi connectivity index (χ2v) is 6.07. The summed E-state index contributed by atoms with van der Waals surface area (Å²) in [5, 5.41) is 6.80. The molecule has 2 aromatic carbocycles. The van der Waals surface area contributed by atoms with Gasteiger partial charge in [-0.1, -0.05) is 29.3 Å². The van der Waals surface area contributed by atoms with Gasteiger partial charge in [-0.2, -0.15) is 0 Å². The minimum absolute atomic E-state index is 0.210. The monoisotopic (exact) mass is 388 g/mol. The number of ether oxygens (including phenoxy) is 1. The first-order valence-electron chi connectivity index (χ1n) is 7.54. The number of aromatic nitrogens is 2. The van der Waals surface area contributed by atoms with Crippen LogP contribution in [0.25, 0.3) is 0 Å². The van der Waals surface area contributed by atoms with E-state index in [0.29, 0.717) is 33.0 Å². The molecular formula is C18H14Cl2N4O2. The van der Waals surface area contributed by atoms with Crippen LogP contribution in [0.1, 0.15) is 10.5 Å². The summed E-state index contributed by atoms with van der Waals surface area (Å²) >= 11 is 12.0. The minimum atomic E-state index is -0.370. The number of hydrogen-bond acceptors (Lipinski definition) is 5. The van der Waals surface area contributed by atoms with Crippen molar-refractivity contribution in [3.63, 3.8) is 0 Å². The lowest BCUT2D eigenvalue weighted by Gasteiger charge is -2.09. The van der Waals surface area contributed by atoms with Crippen molar-refractivity contribution in [1.82, 2.24) is 9.97 Å². The molecule has 3 rings (SSSR count). The molecule has 6 nitrogen and oxygen atoms in total. The van der Waals surface area contributed by atoms with Crippen molar-refractivity contribution in [3.05, 3.63) is 70.6 Å². The highest BCUT2D eigenvalue weighted by Crippen LogP contribution is 2.28. The Kier molecular flexibility index (Phi) is 5.55. The van der Waals surface area contributed by atoms with E-state index in [9.17, 15) is 4.79 Å². The summed E-state index contributed by atoms with van der Waals surface area (Å²) in [6.07, 6.45) is 1.31. The molecule has 1 heterocycles. The highest BCUT2D eigenvalue weighted by atomic mass is 35.5. The molecule has 0 spiro atoms. The molecule has 0 saturated carbocycles. The lowest BCUT2D eigenvalue weighted by molar-refractivity contribution is 0.102. The molecule has 132 valence electrons. The summed E-state index contributed by atoms with van der Waals surface area (Å²) in [6.45, 7) is 0. The fourth-order valence-corrected chi connectivity index (χ4v) is 2.65. The predicted molar refractivity (Wildman–Crippen MR) is 103 cm³/mol. The molecule has 0 aliphatic heterocycles. The van der Waals surface area contributed by atoms with Crippen LogP contribution in [0.4, 0.5) is 17.2 Å². The van der Waals surface area contributed by atoms with E-state index in [1.165, 1.54) is 12.4 Å². The number of carbonyl (C=O) groups excluding carboxylic acids is 1. The number of methoxy groups -OCH3 is 1. The third kappa shape index (κ3) is 4.41. The quantitative estimate of drug-likeness (QED) is 0.656. The SMILES string of the molecule is COc1ccc(Nc2cc(C(=O)Nc3cccc(Cl)c3)ncn2)cc1Cl. The number of anilines is 3. The van der Waals surface area contributed by atoms with Gasteiger partial charge in [0.1, 0.15) is 23.6 Å². The summed E-state index contributed by atoms with van der Waals surface area (Å²) in [5.41, 5.74) is 1.50. The van der Waals surface area contributed by atoms with Crippen LogP contribution in [0.2, 0.25) is 10.0 Å².